The number of nitrogens with one attached hydrogen (secondary N) is 1. The van der Waals surface area contributed by atoms with Gasteiger partial charge in [-0.25, -0.2) is 0 Å². The van der Waals surface area contributed by atoms with Gasteiger partial charge in [0, 0.05) is 6.07 Å². The maximum Gasteiger partial charge on any atom is 0.273 e. The molecule has 6 nitrogen and oxygen atoms in total. The fourth-order valence-electron chi connectivity index (χ4n) is 2.86. The molecular formula is C22H20N2O4. The first kappa shape index (κ1) is 19.1. The van der Waals surface area contributed by atoms with Crippen LogP contribution >= 0.6 is 0 Å². The van der Waals surface area contributed by atoms with Gasteiger partial charge in [0.15, 0.2) is 6.61 Å². The fraction of sp³-hybridized carbons (Fsp3) is 0.136. The van der Waals surface area contributed by atoms with Gasteiger partial charge in [-0.2, -0.15) is 0 Å². The topological polar surface area (TPSA) is 81.5 Å². The summed E-state index contributed by atoms with van der Waals surface area (Å²) in [5, 5.41) is 13.8. The van der Waals surface area contributed by atoms with E-state index >= 15 is 0 Å². The number of carbonyl (C=O) groups excluding carboxylic acids is 1. The molecule has 0 heterocycles. The minimum absolute atomic E-state index is 0.0795. The Bertz CT molecular complexity index is 930. The number of non-ortho nitro benzene ring substituents is 1. The summed E-state index contributed by atoms with van der Waals surface area (Å²) < 4.78 is 5.43. The van der Waals surface area contributed by atoms with Gasteiger partial charge in [0.2, 0.25) is 0 Å². The summed E-state index contributed by atoms with van der Waals surface area (Å²) >= 11 is 0. The van der Waals surface area contributed by atoms with Crippen molar-refractivity contribution in [2.45, 2.75) is 12.5 Å². The Hall–Kier alpha value is -3.67. The Morgan fingerprint density at radius 2 is 1.64 bits per heavy atom. The van der Waals surface area contributed by atoms with E-state index in [1.807, 2.05) is 60.7 Å². The molecule has 3 rings (SSSR count). The number of hydrogen-bond acceptors (Lipinski definition) is 4. The number of rotatable bonds is 8. The van der Waals surface area contributed by atoms with Crippen molar-refractivity contribution < 1.29 is 14.5 Å². The highest BCUT2D eigenvalue weighted by Crippen LogP contribution is 2.20. The molecule has 0 aliphatic carbocycles. The third-order valence-electron chi connectivity index (χ3n) is 4.22. The lowest BCUT2D eigenvalue weighted by atomic mass is 9.99. The molecule has 3 aromatic carbocycles. The molecule has 1 atom stereocenters. The molecule has 0 saturated carbocycles. The van der Waals surface area contributed by atoms with Crippen LogP contribution in [0.5, 0.6) is 5.75 Å². The summed E-state index contributed by atoms with van der Waals surface area (Å²) in [6.07, 6.45) is 0.646. The van der Waals surface area contributed by atoms with E-state index in [2.05, 4.69) is 5.32 Å². The quantitative estimate of drug-likeness (QED) is 0.474. The van der Waals surface area contributed by atoms with Crippen LogP contribution in [0, 0.1) is 10.1 Å². The van der Waals surface area contributed by atoms with Crippen molar-refractivity contribution >= 4 is 11.6 Å². The highest BCUT2D eigenvalue weighted by atomic mass is 16.6. The number of nitro benzene ring substituents is 1. The highest BCUT2D eigenvalue weighted by Gasteiger charge is 2.16. The van der Waals surface area contributed by atoms with Crippen LogP contribution in [0.15, 0.2) is 84.9 Å². The predicted molar refractivity (Wildman–Crippen MR) is 106 cm³/mol. The van der Waals surface area contributed by atoms with Gasteiger partial charge in [-0.15, -0.1) is 0 Å². The van der Waals surface area contributed by atoms with Gasteiger partial charge in [0.05, 0.1) is 17.0 Å². The third-order valence-corrected chi connectivity index (χ3v) is 4.22. The number of nitro groups is 1. The monoisotopic (exact) mass is 376 g/mol. The maximum absolute atomic E-state index is 12.4. The molecule has 142 valence electrons. The van der Waals surface area contributed by atoms with E-state index in [9.17, 15) is 14.9 Å². The molecule has 1 N–H and O–H groups in total. The van der Waals surface area contributed by atoms with E-state index in [4.69, 9.17) is 4.74 Å². The second kappa shape index (κ2) is 9.32. The molecular weight excluding hydrogens is 356 g/mol. The average molecular weight is 376 g/mol. The smallest absolute Gasteiger partial charge is 0.273 e. The largest absolute Gasteiger partial charge is 0.484 e. The van der Waals surface area contributed by atoms with E-state index in [-0.39, 0.29) is 30.0 Å². The van der Waals surface area contributed by atoms with Gasteiger partial charge < -0.3 is 10.1 Å². The summed E-state index contributed by atoms with van der Waals surface area (Å²) in [5.41, 5.74) is 2.02. The van der Waals surface area contributed by atoms with E-state index < -0.39 is 4.92 Å². The molecule has 28 heavy (non-hydrogen) atoms. The molecule has 0 saturated heterocycles. The van der Waals surface area contributed by atoms with Crippen LogP contribution in [-0.4, -0.2) is 17.4 Å². The summed E-state index contributed by atoms with van der Waals surface area (Å²) in [6, 6.07) is 25.2. The Balaban J connectivity index is 1.65. The number of benzene rings is 3. The summed E-state index contributed by atoms with van der Waals surface area (Å²) in [4.78, 5) is 22.8. The van der Waals surface area contributed by atoms with Crippen LogP contribution < -0.4 is 10.1 Å². The number of ether oxygens (including phenoxy) is 1. The number of amides is 1. The van der Waals surface area contributed by atoms with Crippen molar-refractivity contribution in [2.24, 2.45) is 0 Å². The normalized spacial score (nSPS) is 11.4. The van der Waals surface area contributed by atoms with Gasteiger partial charge in [-0.1, -0.05) is 66.7 Å². The molecule has 0 aromatic heterocycles. The lowest BCUT2D eigenvalue weighted by Gasteiger charge is -2.19. The zero-order valence-corrected chi connectivity index (χ0v) is 15.2. The molecule has 0 fully saturated rings. The minimum atomic E-state index is -0.502. The number of carbonyl (C=O) groups is 1. The van der Waals surface area contributed by atoms with Crippen molar-refractivity contribution in [3.8, 4) is 5.75 Å². The standard InChI is InChI=1S/C22H20N2O4/c25-22(16-28-20-13-7-12-19(15-20)24(26)27)23-21(18-10-5-2-6-11-18)14-17-8-3-1-4-9-17/h1-13,15,21H,14,16H2,(H,23,25). The molecule has 0 spiro atoms. The molecule has 0 radical (unpaired) electrons. The second-order valence-corrected chi connectivity index (χ2v) is 6.26. The van der Waals surface area contributed by atoms with Crippen molar-refractivity contribution in [1.82, 2.24) is 5.32 Å². The summed E-state index contributed by atoms with van der Waals surface area (Å²) in [7, 11) is 0. The van der Waals surface area contributed by atoms with E-state index in [0.29, 0.717) is 6.42 Å². The number of nitrogens with zero attached hydrogens (tertiary/aromatic N) is 1. The van der Waals surface area contributed by atoms with Crippen molar-refractivity contribution in [3.63, 3.8) is 0 Å². The van der Waals surface area contributed by atoms with Crippen molar-refractivity contribution in [1.29, 1.82) is 0 Å². The van der Waals surface area contributed by atoms with Gasteiger partial charge >= 0.3 is 0 Å². The predicted octanol–water partition coefficient (Wildman–Crippen LogP) is 4.07. The number of hydrogen-bond donors (Lipinski definition) is 1. The van der Waals surface area contributed by atoms with Crippen LogP contribution in [-0.2, 0) is 11.2 Å². The molecule has 6 heteroatoms. The third kappa shape index (κ3) is 5.41. The molecule has 0 bridgehead atoms. The van der Waals surface area contributed by atoms with Crippen LogP contribution in [0.1, 0.15) is 17.2 Å². The molecule has 3 aromatic rings. The first-order chi connectivity index (χ1) is 13.6. The van der Waals surface area contributed by atoms with Crippen molar-refractivity contribution in [3.05, 3.63) is 106 Å². The first-order valence-corrected chi connectivity index (χ1v) is 8.87. The molecule has 1 amide bonds. The van der Waals surface area contributed by atoms with Crippen LogP contribution in [0.3, 0.4) is 0 Å². The van der Waals surface area contributed by atoms with Gasteiger partial charge in [0.1, 0.15) is 5.75 Å². The SMILES string of the molecule is O=C(COc1cccc([N+](=O)[O-])c1)NC(Cc1ccccc1)c1ccccc1. The Morgan fingerprint density at radius 1 is 0.964 bits per heavy atom. The van der Waals surface area contributed by atoms with Gasteiger partial charge in [-0.3, -0.25) is 14.9 Å². The highest BCUT2D eigenvalue weighted by molar-refractivity contribution is 5.78. The molecule has 0 aliphatic heterocycles. The van der Waals surface area contributed by atoms with Gasteiger partial charge in [0.25, 0.3) is 11.6 Å². The maximum atomic E-state index is 12.4. The first-order valence-electron chi connectivity index (χ1n) is 8.87. The Labute approximate surface area is 162 Å². The minimum Gasteiger partial charge on any atom is -0.484 e. The molecule has 0 aliphatic rings. The summed E-state index contributed by atoms with van der Waals surface area (Å²) in [6.45, 7) is -0.223. The Morgan fingerprint density at radius 3 is 2.32 bits per heavy atom. The van der Waals surface area contributed by atoms with Gasteiger partial charge in [-0.05, 0) is 23.6 Å². The molecule has 1 unspecified atom stereocenters. The van der Waals surface area contributed by atoms with E-state index in [1.54, 1.807) is 6.07 Å². The average Bonchev–Trinajstić information content (AvgIpc) is 2.73. The van der Waals surface area contributed by atoms with E-state index in [1.165, 1.54) is 18.2 Å². The van der Waals surface area contributed by atoms with Crippen LogP contribution in [0.25, 0.3) is 0 Å². The zero-order chi connectivity index (χ0) is 19.8. The Kier molecular flexibility index (Phi) is 6.36. The van der Waals surface area contributed by atoms with E-state index in [0.717, 1.165) is 11.1 Å². The van der Waals surface area contributed by atoms with Crippen LogP contribution in [0.4, 0.5) is 5.69 Å². The van der Waals surface area contributed by atoms with Crippen molar-refractivity contribution in [2.75, 3.05) is 6.61 Å². The van der Waals surface area contributed by atoms with Crippen LogP contribution in [0.2, 0.25) is 0 Å². The lowest BCUT2D eigenvalue weighted by Crippen LogP contribution is -2.33. The second-order valence-electron chi connectivity index (χ2n) is 6.26. The summed E-state index contributed by atoms with van der Waals surface area (Å²) in [5.74, 6) is -0.0139. The zero-order valence-electron chi connectivity index (χ0n) is 15.2. The fourth-order valence-corrected chi connectivity index (χ4v) is 2.86. The lowest BCUT2D eigenvalue weighted by molar-refractivity contribution is -0.384.